The van der Waals surface area contributed by atoms with Crippen LogP contribution in [0.3, 0.4) is 0 Å². The number of aliphatic hydroxyl groups is 1. The Morgan fingerprint density at radius 3 is 2.83 bits per heavy atom. The Kier molecular flexibility index (Phi) is 3.98. The number of hydrogen-bond donors (Lipinski definition) is 3. The topological polar surface area (TPSA) is 70.1 Å². The molecule has 5 nitrogen and oxygen atoms in total. The molecule has 6 heteroatoms. The summed E-state index contributed by atoms with van der Waals surface area (Å²) in [7, 11) is 1.80. The maximum absolute atomic E-state index is 9.39. The van der Waals surface area contributed by atoms with Crippen LogP contribution in [0.4, 0.5) is 11.8 Å². The van der Waals surface area contributed by atoms with Crippen LogP contribution in [0.1, 0.15) is 20.3 Å². The van der Waals surface area contributed by atoms with Gasteiger partial charge in [0.05, 0.1) is 11.5 Å². The maximum atomic E-state index is 9.39. The van der Waals surface area contributed by atoms with Gasteiger partial charge in [0, 0.05) is 13.1 Å². The third-order valence-electron chi connectivity index (χ3n) is 2.63. The summed E-state index contributed by atoms with van der Waals surface area (Å²) in [6.45, 7) is 3.82. The van der Waals surface area contributed by atoms with Crippen molar-refractivity contribution in [1.29, 1.82) is 0 Å². The number of nitrogens with one attached hydrogen (secondary N) is 2. The van der Waals surface area contributed by atoms with Crippen molar-refractivity contribution >= 4 is 33.3 Å². The first kappa shape index (κ1) is 13.0. The predicted molar refractivity (Wildman–Crippen MR) is 76.3 cm³/mol. The number of aromatic nitrogens is 2. The van der Waals surface area contributed by atoms with E-state index in [4.69, 9.17) is 0 Å². The minimum absolute atomic E-state index is 0.160. The molecule has 2 heterocycles. The molecule has 0 aliphatic heterocycles. The van der Waals surface area contributed by atoms with Gasteiger partial charge in [-0.3, -0.25) is 0 Å². The summed E-state index contributed by atoms with van der Waals surface area (Å²) >= 11 is 1.59. The van der Waals surface area contributed by atoms with Crippen molar-refractivity contribution in [3.8, 4) is 0 Å². The highest BCUT2D eigenvalue weighted by Crippen LogP contribution is 2.27. The number of anilines is 2. The summed E-state index contributed by atoms with van der Waals surface area (Å²) in [4.78, 5) is 9.78. The van der Waals surface area contributed by atoms with E-state index in [0.717, 1.165) is 16.0 Å². The molecule has 2 unspecified atom stereocenters. The molecule has 2 rings (SSSR count). The summed E-state index contributed by atoms with van der Waals surface area (Å²) in [6.07, 6.45) is 0.362. The highest BCUT2D eigenvalue weighted by molar-refractivity contribution is 7.16. The predicted octanol–water partition coefficient (Wildman–Crippen LogP) is 2.30. The van der Waals surface area contributed by atoms with Crippen LogP contribution in [0.15, 0.2) is 11.4 Å². The average Bonchev–Trinajstić information content (AvgIpc) is 2.75. The summed E-state index contributed by atoms with van der Waals surface area (Å²) < 4.78 is 0. The molecule has 0 saturated carbocycles. The van der Waals surface area contributed by atoms with Gasteiger partial charge < -0.3 is 15.7 Å². The van der Waals surface area contributed by atoms with Crippen LogP contribution in [-0.4, -0.2) is 34.3 Å². The van der Waals surface area contributed by atoms with Crippen molar-refractivity contribution in [2.24, 2.45) is 0 Å². The Morgan fingerprint density at radius 2 is 2.17 bits per heavy atom. The zero-order chi connectivity index (χ0) is 13.1. The molecule has 0 radical (unpaired) electrons. The number of hydrogen-bond acceptors (Lipinski definition) is 6. The Hall–Kier alpha value is -1.40. The summed E-state index contributed by atoms with van der Waals surface area (Å²) in [5.74, 6) is 1.43. The van der Waals surface area contributed by atoms with E-state index in [1.54, 1.807) is 25.3 Å². The molecule has 2 aromatic heterocycles. The molecule has 0 saturated heterocycles. The van der Waals surface area contributed by atoms with Gasteiger partial charge in [-0.2, -0.15) is 4.98 Å². The molecule has 0 amide bonds. The molecular formula is C12H18N4OS. The maximum Gasteiger partial charge on any atom is 0.225 e. The molecule has 0 bridgehead atoms. The van der Waals surface area contributed by atoms with Gasteiger partial charge >= 0.3 is 0 Å². The van der Waals surface area contributed by atoms with Gasteiger partial charge in [0.25, 0.3) is 0 Å². The number of aliphatic hydroxyl groups excluding tert-OH is 1. The number of nitrogens with zero attached hydrogens (tertiary/aromatic N) is 2. The Bertz CT molecular complexity index is 526. The van der Waals surface area contributed by atoms with Gasteiger partial charge in [0.2, 0.25) is 5.95 Å². The monoisotopic (exact) mass is 266 g/mol. The highest BCUT2D eigenvalue weighted by Gasteiger charge is 2.12. The Balaban J connectivity index is 2.28. The van der Waals surface area contributed by atoms with E-state index >= 15 is 0 Å². The molecule has 0 spiro atoms. The van der Waals surface area contributed by atoms with Gasteiger partial charge in [-0.15, -0.1) is 11.3 Å². The SMILES string of the molecule is CNc1nc(NC(C)CC(C)O)c2ccsc2n1. The van der Waals surface area contributed by atoms with Crippen LogP contribution in [0.5, 0.6) is 0 Å². The molecule has 0 aromatic carbocycles. The standard InChI is InChI=1S/C12H18N4OS/c1-7(6-8(2)17)14-10-9-4-5-18-11(9)16-12(13-3)15-10/h4-5,7-8,17H,6H2,1-3H3,(H2,13,14,15,16). The van der Waals surface area contributed by atoms with E-state index in [1.807, 2.05) is 18.4 Å². The van der Waals surface area contributed by atoms with E-state index in [-0.39, 0.29) is 12.1 Å². The molecule has 0 aliphatic rings. The fourth-order valence-corrected chi connectivity index (χ4v) is 2.65. The summed E-state index contributed by atoms with van der Waals surface area (Å²) in [5.41, 5.74) is 0. The van der Waals surface area contributed by atoms with Crippen LogP contribution in [0.2, 0.25) is 0 Å². The molecule has 3 N–H and O–H groups in total. The first-order valence-corrected chi connectivity index (χ1v) is 6.85. The van der Waals surface area contributed by atoms with Crippen molar-refractivity contribution in [3.63, 3.8) is 0 Å². The minimum Gasteiger partial charge on any atom is -0.393 e. The van der Waals surface area contributed by atoms with Gasteiger partial charge in [-0.1, -0.05) is 0 Å². The van der Waals surface area contributed by atoms with Crippen molar-refractivity contribution < 1.29 is 5.11 Å². The van der Waals surface area contributed by atoms with Gasteiger partial charge in [-0.25, -0.2) is 4.98 Å². The fraction of sp³-hybridized carbons (Fsp3) is 0.500. The van der Waals surface area contributed by atoms with Crippen LogP contribution in [0, 0.1) is 0 Å². The van der Waals surface area contributed by atoms with Gasteiger partial charge in [0.1, 0.15) is 10.6 Å². The molecule has 18 heavy (non-hydrogen) atoms. The molecule has 2 aromatic rings. The number of rotatable bonds is 5. The lowest BCUT2D eigenvalue weighted by atomic mass is 10.1. The first-order valence-electron chi connectivity index (χ1n) is 5.97. The van der Waals surface area contributed by atoms with Crippen LogP contribution in [0.25, 0.3) is 10.2 Å². The molecule has 0 aliphatic carbocycles. The minimum atomic E-state index is -0.323. The highest BCUT2D eigenvalue weighted by atomic mass is 32.1. The second kappa shape index (κ2) is 5.49. The summed E-state index contributed by atoms with van der Waals surface area (Å²) in [6, 6.07) is 2.17. The van der Waals surface area contributed by atoms with Crippen LogP contribution < -0.4 is 10.6 Å². The number of fused-ring (bicyclic) bond motifs is 1. The van der Waals surface area contributed by atoms with E-state index in [0.29, 0.717) is 12.4 Å². The van der Waals surface area contributed by atoms with Gasteiger partial charge in [-0.05, 0) is 31.7 Å². The zero-order valence-corrected chi connectivity index (χ0v) is 11.6. The number of thiophene rings is 1. The lowest BCUT2D eigenvalue weighted by Gasteiger charge is -2.17. The lowest BCUT2D eigenvalue weighted by molar-refractivity contribution is 0.179. The van der Waals surface area contributed by atoms with E-state index in [2.05, 4.69) is 20.6 Å². The van der Waals surface area contributed by atoms with Gasteiger partial charge in [0.15, 0.2) is 0 Å². The van der Waals surface area contributed by atoms with Crippen molar-refractivity contribution in [3.05, 3.63) is 11.4 Å². The van der Waals surface area contributed by atoms with E-state index in [1.165, 1.54) is 0 Å². The Morgan fingerprint density at radius 1 is 1.39 bits per heavy atom. The zero-order valence-electron chi connectivity index (χ0n) is 10.8. The molecule has 0 fully saturated rings. The largest absolute Gasteiger partial charge is 0.393 e. The van der Waals surface area contributed by atoms with Crippen molar-refractivity contribution in [2.45, 2.75) is 32.4 Å². The second-order valence-corrected chi connectivity index (χ2v) is 5.31. The second-order valence-electron chi connectivity index (χ2n) is 4.42. The smallest absolute Gasteiger partial charge is 0.225 e. The quantitative estimate of drug-likeness (QED) is 0.774. The Labute approximate surface area is 110 Å². The lowest BCUT2D eigenvalue weighted by Crippen LogP contribution is -2.21. The van der Waals surface area contributed by atoms with Crippen molar-refractivity contribution in [1.82, 2.24) is 9.97 Å². The van der Waals surface area contributed by atoms with E-state index in [9.17, 15) is 5.11 Å². The third-order valence-corrected chi connectivity index (χ3v) is 3.43. The fourth-order valence-electron chi connectivity index (χ4n) is 1.88. The van der Waals surface area contributed by atoms with E-state index < -0.39 is 0 Å². The normalized spacial score (nSPS) is 14.4. The molecule has 2 atom stereocenters. The van der Waals surface area contributed by atoms with Crippen LogP contribution >= 0.6 is 11.3 Å². The third kappa shape index (κ3) is 2.88. The average molecular weight is 266 g/mol. The first-order chi connectivity index (χ1) is 8.60. The van der Waals surface area contributed by atoms with Crippen LogP contribution in [-0.2, 0) is 0 Å². The summed E-state index contributed by atoms with van der Waals surface area (Å²) in [5, 5.41) is 18.7. The van der Waals surface area contributed by atoms with Crippen molar-refractivity contribution in [2.75, 3.05) is 17.7 Å². The molecular weight excluding hydrogens is 248 g/mol. The molecule has 98 valence electrons.